The van der Waals surface area contributed by atoms with Crippen molar-refractivity contribution < 1.29 is 0 Å². The Balaban J connectivity index is 2.24. The molecule has 0 fully saturated rings. The van der Waals surface area contributed by atoms with Crippen molar-refractivity contribution in [3.8, 4) is 0 Å². The lowest BCUT2D eigenvalue weighted by Crippen LogP contribution is -2.24. The number of hydrogen-bond acceptors (Lipinski definition) is 2. The normalized spacial score (nSPS) is 11.9. The minimum Gasteiger partial charge on any atom is -0.324 e. The van der Waals surface area contributed by atoms with Crippen molar-refractivity contribution in [1.82, 2.24) is 14.9 Å². The molecule has 0 aliphatic heterocycles. The first kappa shape index (κ1) is 15.3. The van der Waals surface area contributed by atoms with Crippen LogP contribution >= 0.6 is 11.6 Å². The number of para-hydroxylation sites is 1. The third-order valence-corrected chi connectivity index (χ3v) is 3.69. The van der Waals surface area contributed by atoms with Gasteiger partial charge in [-0.2, -0.15) is 0 Å². The molecule has 0 unspecified atom stereocenters. The lowest BCUT2D eigenvalue weighted by molar-refractivity contribution is 0.541. The highest BCUT2D eigenvalue weighted by atomic mass is 35.5. The number of benzene rings is 1. The van der Waals surface area contributed by atoms with Crippen molar-refractivity contribution >= 4 is 22.6 Å². The van der Waals surface area contributed by atoms with E-state index >= 15 is 0 Å². The minimum absolute atomic E-state index is 0.368. The second-order valence-electron chi connectivity index (χ2n) is 5.81. The van der Waals surface area contributed by atoms with E-state index in [4.69, 9.17) is 16.6 Å². The van der Waals surface area contributed by atoms with E-state index in [0.29, 0.717) is 12.1 Å². The van der Waals surface area contributed by atoms with Crippen LogP contribution in [0.4, 0.5) is 0 Å². The minimum atomic E-state index is 0.368. The van der Waals surface area contributed by atoms with Crippen molar-refractivity contribution in [2.24, 2.45) is 0 Å². The first-order valence-electron chi connectivity index (χ1n) is 7.39. The van der Waals surface area contributed by atoms with Gasteiger partial charge in [-0.3, -0.25) is 0 Å². The van der Waals surface area contributed by atoms with Crippen molar-refractivity contribution in [1.29, 1.82) is 0 Å². The van der Waals surface area contributed by atoms with Gasteiger partial charge in [-0.25, -0.2) is 4.98 Å². The first-order chi connectivity index (χ1) is 9.50. The monoisotopic (exact) mass is 293 g/mol. The lowest BCUT2D eigenvalue weighted by Gasteiger charge is -2.14. The molecular weight excluding hydrogens is 270 g/mol. The largest absolute Gasteiger partial charge is 0.324 e. The van der Waals surface area contributed by atoms with Gasteiger partial charge in [-0.05, 0) is 38.9 Å². The maximum absolute atomic E-state index is 6.35. The second-order valence-corrected chi connectivity index (χ2v) is 6.22. The van der Waals surface area contributed by atoms with E-state index < -0.39 is 0 Å². The highest BCUT2D eigenvalue weighted by Gasteiger charge is 2.15. The number of aryl methyl sites for hydroxylation is 1. The molecule has 20 heavy (non-hydrogen) atoms. The summed E-state index contributed by atoms with van der Waals surface area (Å²) in [5.41, 5.74) is 2.06. The molecule has 1 aromatic carbocycles. The van der Waals surface area contributed by atoms with Crippen LogP contribution in [-0.4, -0.2) is 22.1 Å². The maximum Gasteiger partial charge on any atom is 0.110 e. The summed E-state index contributed by atoms with van der Waals surface area (Å²) in [6, 6.07) is 6.85. The Hall–Kier alpha value is -1.06. The van der Waals surface area contributed by atoms with Crippen LogP contribution in [0.2, 0.25) is 5.02 Å². The highest BCUT2D eigenvalue weighted by molar-refractivity contribution is 6.35. The SMILES string of the molecule is CC(C)NCCCc1nc2cccc(Cl)c2n1C(C)C. The van der Waals surface area contributed by atoms with E-state index in [1.807, 2.05) is 18.2 Å². The molecule has 2 rings (SSSR count). The molecule has 0 atom stereocenters. The molecule has 0 radical (unpaired) electrons. The van der Waals surface area contributed by atoms with Gasteiger partial charge in [0.25, 0.3) is 0 Å². The number of rotatable bonds is 6. The average molecular weight is 294 g/mol. The van der Waals surface area contributed by atoms with Crippen LogP contribution in [0.15, 0.2) is 18.2 Å². The van der Waals surface area contributed by atoms with E-state index in [2.05, 4.69) is 37.6 Å². The van der Waals surface area contributed by atoms with Crippen LogP contribution in [0.1, 0.15) is 46.0 Å². The summed E-state index contributed by atoms with van der Waals surface area (Å²) in [6.07, 6.45) is 2.06. The molecule has 110 valence electrons. The molecule has 0 aliphatic rings. The van der Waals surface area contributed by atoms with Crippen molar-refractivity contribution in [2.45, 2.75) is 52.6 Å². The standard InChI is InChI=1S/C16H24ClN3/c1-11(2)18-10-6-9-15-19-14-8-5-7-13(17)16(14)20(15)12(3)4/h5,7-8,11-12,18H,6,9-10H2,1-4H3. The number of halogens is 1. The van der Waals surface area contributed by atoms with Gasteiger partial charge in [0.05, 0.1) is 16.1 Å². The molecule has 0 saturated carbocycles. The molecule has 1 aromatic heterocycles. The summed E-state index contributed by atoms with van der Waals surface area (Å²) in [4.78, 5) is 4.76. The molecular formula is C16H24ClN3. The predicted octanol–water partition coefficient (Wildman–Crippen LogP) is 4.20. The first-order valence-corrected chi connectivity index (χ1v) is 7.77. The summed E-state index contributed by atoms with van der Waals surface area (Å²) in [6.45, 7) is 9.72. The number of nitrogens with zero attached hydrogens (tertiary/aromatic N) is 2. The number of nitrogens with one attached hydrogen (secondary N) is 1. The lowest BCUT2D eigenvalue weighted by atomic mass is 10.2. The Morgan fingerprint density at radius 3 is 2.65 bits per heavy atom. The fourth-order valence-electron chi connectivity index (χ4n) is 2.52. The van der Waals surface area contributed by atoms with Crippen molar-refractivity contribution in [2.75, 3.05) is 6.54 Å². The summed E-state index contributed by atoms with van der Waals surface area (Å²) in [7, 11) is 0. The van der Waals surface area contributed by atoms with Gasteiger partial charge in [0.2, 0.25) is 0 Å². The maximum atomic E-state index is 6.35. The van der Waals surface area contributed by atoms with E-state index in [0.717, 1.165) is 41.3 Å². The van der Waals surface area contributed by atoms with E-state index in [1.165, 1.54) is 0 Å². The van der Waals surface area contributed by atoms with Crippen LogP contribution in [0.3, 0.4) is 0 Å². The van der Waals surface area contributed by atoms with Crippen LogP contribution < -0.4 is 5.32 Å². The number of aromatic nitrogens is 2. The van der Waals surface area contributed by atoms with Gasteiger partial charge >= 0.3 is 0 Å². The third kappa shape index (κ3) is 3.33. The van der Waals surface area contributed by atoms with Crippen LogP contribution in [-0.2, 0) is 6.42 Å². The summed E-state index contributed by atoms with van der Waals surface area (Å²) in [5.74, 6) is 1.13. The average Bonchev–Trinajstić information content (AvgIpc) is 2.74. The molecule has 0 saturated heterocycles. The molecule has 2 aromatic rings. The summed E-state index contributed by atoms with van der Waals surface area (Å²) < 4.78 is 2.27. The number of fused-ring (bicyclic) bond motifs is 1. The predicted molar refractivity (Wildman–Crippen MR) is 86.6 cm³/mol. The van der Waals surface area contributed by atoms with Crippen molar-refractivity contribution in [3.05, 3.63) is 29.0 Å². The Morgan fingerprint density at radius 2 is 2.00 bits per heavy atom. The van der Waals surface area contributed by atoms with Gasteiger partial charge in [-0.15, -0.1) is 0 Å². The zero-order valence-corrected chi connectivity index (χ0v) is 13.5. The quantitative estimate of drug-likeness (QED) is 0.809. The number of imidazole rings is 1. The molecule has 1 heterocycles. The van der Waals surface area contributed by atoms with Gasteiger partial charge in [0.15, 0.2) is 0 Å². The third-order valence-electron chi connectivity index (χ3n) is 3.38. The fourth-order valence-corrected chi connectivity index (χ4v) is 2.79. The van der Waals surface area contributed by atoms with Crippen molar-refractivity contribution in [3.63, 3.8) is 0 Å². The molecule has 1 N–H and O–H groups in total. The van der Waals surface area contributed by atoms with Crippen LogP contribution in [0.25, 0.3) is 11.0 Å². The Labute approximate surface area is 126 Å². The fraction of sp³-hybridized carbons (Fsp3) is 0.562. The molecule has 4 heteroatoms. The summed E-state index contributed by atoms with van der Waals surface area (Å²) in [5, 5.41) is 4.23. The smallest absolute Gasteiger partial charge is 0.110 e. The van der Waals surface area contributed by atoms with Gasteiger partial charge in [-0.1, -0.05) is 31.5 Å². The second kappa shape index (κ2) is 6.59. The van der Waals surface area contributed by atoms with Gasteiger partial charge in [0, 0.05) is 18.5 Å². The summed E-state index contributed by atoms with van der Waals surface area (Å²) >= 11 is 6.35. The molecule has 3 nitrogen and oxygen atoms in total. The topological polar surface area (TPSA) is 29.9 Å². The van der Waals surface area contributed by atoms with Gasteiger partial charge in [0.1, 0.15) is 5.82 Å². The Morgan fingerprint density at radius 1 is 1.25 bits per heavy atom. The Kier molecular flexibility index (Phi) is 5.06. The van der Waals surface area contributed by atoms with Crippen LogP contribution in [0, 0.1) is 0 Å². The zero-order chi connectivity index (χ0) is 14.7. The van der Waals surface area contributed by atoms with E-state index in [1.54, 1.807) is 0 Å². The Bertz CT molecular complexity index is 572. The molecule has 0 amide bonds. The van der Waals surface area contributed by atoms with E-state index in [9.17, 15) is 0 Å². The molecule has 0 bridgehead atoms. The van der Waals surface area contributed by atoms with Crippen LogP contribution in [0.5, 0.6) is 0 Å². The number of hydrogen-bond donors (Lipinski definition) is 1. The molecule has 0 spiro atoms. The van der Waals surface area contributed by atoms with Gasteiger partial charge < -0.3 is 9.88 Å². The highest BCUT2D eigenvalue weighted by Crippen LogP contribution is 2.28. The zero-order valence-electron chi connectivity index (χ0n) is 12.8. The van der Waals surface area contributed by atoms with E-state index in [-0.39, 0.29) is 0 Å². The molecule has 0 aliphatic carbocycles.